The van der Waals surface area contributed by atoms with Crippen molar-refractivity contribution in [3.63, 3.8) is 0 Å². The minimum absolute atomic E-state index is 0.0228. The number of likely N-dealkylation sites (tertiary alicyclic amines) is 1. The van der Waals surface area contributed by atoms with E-state index in [1.54, 1.807) is 57.0 Å². The van der Waals surface area contributed by atoms with Crippen LogP contribution in [0.4, 0.5) is 4.39 Å². The Balaban J connectivity index is 2.25. The van der Waals surface area contributed by atoms with Crippen molar-refractivity contribution in [1.29, 1.82) is 0 Å². The lowest BCUT2D eigenvalue weighted by molar-refractivity contribution is -0.148. The molecular weight excluding hydrogens is 679 g/mol. The number of ether oxygens (including phenoxy) is 2. The van der Waals surface area contributed by atoms with Gasteiger partial charge in [-0.1, -0.05) is 67.0 Å². The Hall–Kier alpha value is -3.13. The third-order valence-electron chi connectivity index (χ3n) is 11.1. The van der Waals surface area contributed by atoms with E-state index < -0.39 is 48.3 Å². The number of amides is 4. The Kier molecular flexibility index (Phi) is 18.3. The van der Waals surface area contributed by atoms with Crippen molar-refractivity contribution in [2.45, 2.75) is 130 Å². The summed E-state index contributed by atoms with van der Waals surface area (Å²) < 4.78 is 25.4. The van der Waals surface area contributed by atoms with Gasteiger partial charge in [-0.3, -0.25) is 24.1 Å². The second-order valence-corrected chi connectivity index (χ2v) is 15.8. The van der Waals surface area contributed by atoms with E-state index >= 15 is 0 Å². The number of hydrogen-bond acceptors (Lipinski definition) is 8. The Morgan fingerprint density at radius 1 is 0.925 bits per heavy atom. The third-order valence-corrected chi connectivity index (χ3v) is 11.1. The standard InChI is InChI=1S/C40H69FN6O6/c1-14-25(6)36(46(11)40(51)34(23(2)3)44-39(50)35(24(4)5)45(9)10)31(52-12)22-32(48)47-21-15-16-30(47)37(53-13)26(7)38(49)43-27(8)33(42)28-17-19-29(41)20-18-28/h17-20,23-27,30-31,33-37H,14-16,21-22,42H2,1-13H3,(H,43,49)(H,44,50)/t25-,26+,27+,30-,31+,33+,34-,35-,36-,37+/m0/s1. The summed E-state index contributed by atoms with van der Waals surface area (Å²) in [5, 5.41) is 6.02. The summed E-state index contributed by atoms with van der Waals surface area (Å²) in [5.74, 6) is -1.97. The highest BCUT2D eigenvalue weighted by atomic mass is 19.1. The summed E-state index contributed by atoms with van der Waals surface area (Å²) in [6, 6.07) is 2.93. The second kappa shape index (κ2) is 21.1. The fourth-order valence-electron chi connectivity index (χ4n) is 7.83. The van der Waals surface area contributed by atoms with Crippen LogP contribution in [0, 0.1) is 29.5 Å². The number of nitrogens with two attached hydrogens (primary N) is 1. The Morgan fingerprint density at radius 2 is 1.53 bits per heavy atom. The summed E-state index contributed by atoms with van der Waals surface area (Å²) in [7, 11) is 8.54. The normalized spacial score (nSPS) is 20.0. The highest BCUT2D eigenvalue weighted by molar-refractivity contribution is 5.90. The lowest BCUT2D eigenvalue weighted by Crippen LogP contribution is -2.59. The molecule has 13 heteroatoms. The number of benzene rings is 1. The quantitative estimate of drug-likeness (QED) is 0.182. The SMILES string of the molecule is CC[C@H](C)[C@@H]([C@@H](CC(=O)N1CCC[C@H]1[C@H](OC)[C@@H](C)C(=O)N[C@H](C)[C@@H](N)c1ccc(F)cc1)OC)N(C)C(=O)[C@@H](NC(=O)[C@H](C(C)C)N(C)C)C(C)C. The Bertz CT molecular complexity index is 1320. The first-order valence-corrected chi connectivity index (χ1v) is 19.2. The summed E-state index contributed by atoms with van der Waals surface area (Å²) >= 11 is 0. The van der Waals surface area contributed by atoms with E-state index in [0.29, 0.717) is 18.5 Å². The zero-order valence-electron chi connectivity index (χ0n) is 34.5. The van der Waals surface area contributed by atoms with E-state index in [-0.39, 0.29) is 59.7 Å². The molecule has 1 saturated heterocycles. The third kappa shape index (κ3) is 11.9. The van der Waals surface area contributed by atoms with Gasteiger partial charge < -0.3 is 35.6 Å². The molecule has 0 radical (unpaired) electrons. The van der Waals surface area contributed by atoms with Gasteiger partial charge in [0.2, 0.25) is 23.6 Å². The van der Waals surface area contributed by atoms with Crippen molar-refractivity contribution in [3.8, 4) is 0 Å². The van der Waals surface area contributed by atoms with Gasteiger partial charge in [0.15, 0.2) is 0 Å². The van der Waals surface area contributed by atoms with Gasteiger partial charge >= 0.3 is 0 Å². The van der Waals surface area contributed by atoms with Crippen molar-refractivity contribution < 1.29 is 33.0 Å². The lowest BCUT2D eigenvalue weighted by atomic mass is 9.89. The van der Waals surface area contributed by atoms with Crippen LogP contribution in [0.15, 0.2) is 24.3 Å². The molecule has 1 fully saturated rings. The molecule has 0 aliphatic carbocycles. The number of carbonyl (C=O) groups is 4. The number of likely N-dealkylation sites (N-methyl/N-ethyl adjacent to an activating group) is 2. The molecule has 1 aromatic rings. The molecule has 1 aliphatic rings. The van der Waals surface area contributed by atoms with Crippen LogP contribution < -0.4 is 16.4 Å². The molecule has 4 N–H and O–H groups in total. The fourth-order valence-corrected chi connectivity index (χ4v) is 7.83. The van der Waals surface area contributed by atoms with Crippen molar-refractivity contribution >= 4 is 23.6 Å². The molecule has 0 bridgehead atoms. The fraction of sp³-hybridized carbons (Fsp3) is 0.750. The topological polar surface area (TPSA) is 147 Å². The number of nitrogens with zero attached hydrogens (tertiary/aromatic N) is 3. The second-order valence-electron chi connectivity index (χ2n) is 15.8. The van der Waals surface area contributed by atoms with Gasteiger partial charge in [-0.15, -0.1) is 0 Å². The predicted octanol–water partition coefficient (Wildman–Crippen LogP) is 3.98. The van der Waals surface area contributed by atoms with Crippen LogP contribution in [0.25, 0.3) is 0 Å². The molecule has 1 aliphatic heterocycles. The molecule has 0 spiro atoms. The molecule has 302 valence electrons. The van der Waals surface area contributed by atoms with Crippen molar-refractivity contribution in [2.75, 3.05) is 41.9 Å². The van der Waals surface area contributed by atoms with Gasteiger partial charge in [0.1, 0.15) is 11.9 Å². The van der Waals surface area contributed by atoms with Crippen LogP contribution in [0.2, 0.25) is 0 Å². The van der Waals surface area contributed by atoms with Crippen molar-refractivity contribution in [3.05, 3.63) is 35.6 Å². The largest absolute Gasteiger partial charge is 0.379 e. The first kappa shape index (κ1) is 46.0. The van der Waals surface area contributed by atoms with Crippen LogP contribution in [0.3, 0.4) is 0 Å². The highest BCUT2D eigenvalue weighted by Gasteiger charge is 2.43. The Labute approximate surface area is 318 Å². The van der Waals surface area contributed by atoms with Gasteiger partial charge in [0.25, 0.3) is 0 Å². The molecule has 0 unspecified atom stereocenters. The van der Waals surface area contributed by atoms with Gasteiger partial charge in [-0.25, -0.2) is 4.39 Å². The van der Waals surface area contributed by atoms with Gasteiger partial charge in [-0.2, -0.15) is 0 Å². The molecule has 0 aromatic heterocycles. The maximum absolute atomic E-state index is 14.2. The number of rotatable bonds is 20. The summed E-state index contributed by atoms with van der Waals surface area (Å²) in [6.45, 7) is 15.9. The zero-order chi connectivity index (χ0) is 40.3. The van der Waals surface area contributed by atoms with Gasteiger partial charge in [0.05, 0.1) is 42.7 Å². The maximum Gasteiger partial charge on any atom is 0.245 e. The first-order valence-electron chi connectivity index (χ1n) is 19.2. The van der Waals surface area contributed by atoms with E-state index in [0.717, 1.165) is 12.8 Å². The average molecular weight is 749 g/mol. The van der Waals surface area contributed by atoms with Crippen molar-refractivity contribution in [2.24, 2.45) is 29.4 Å². The number of halogens is 1. The highest BCUT2D eigenvalue weighted by Crippen LogP contribution is 2.30. The molecule has 1 heterocycles. The van der Waals surface area contributed by atoms with E-state index in [1.807, 2.05) is 60.5 Å². The molecule has 0 saturated carbocycles. The molecule has 10 atom stereocenters. The lowest BCUT2D eigenvalue weighted by Gasteiger charge is -2.41. The van der Waals surface area contributed by atoms with Gasteiger partial charge in [0, 0.05) is 39.9 Å². The number of carbonyl (C=O) groups excluding carboxylic acids is 4. The predicted molar refractivity (Wildman–Crippen MR) is 206 cm³/mol. The van der Waals surface area contributed by atoms with Crippen LogP contribution in [0.1, 0.15) is 92.7 Å². The smallest absolute Gasteiger partial charge is 0.245 e. The minimum atomic E-state index is -0.764. The van der Waals surface area contributed by atoms with Crippen LogP contribution in [-0.4, -0.2) is 123 Å². The Morgan fingerprint density at radius 3 is 2.02 bits per heavy atom. The maximum atomic E-state index is 14.2. The first-order chi connectivity index (χ1) is 24.8. The van der Waals surface area contributed by atoms with E-state index in [4.69, 9.17) is 15.2 Å². The zero-order valence-corrected chi connectivity index (χ0v) is 34.5. The van der Waals surface area contributed by atoms with E-state index in [1.165, 1.54) is 12.1 Å². The average Bonchev–Trinajstić information content (AvgIpc) is 3.59. The van der Waals surface area contributed by atoms with Crippen LogP contribution in [0.5, 0.6) is 0 Å². The number of methoxy groups -OCH3 is 2. The number of nitrogens with one attached hydrogen (secondary N) is 2. The van der Waals surface area contributed by atoms with E-state index in [9.17, 15) is 23.6 Å². The molecule has 4 amide bonds. The van der Waals surface area contributed by atoms with E-state index in [2.05, 4.69) is 10.6 Å². The number of hydrogen-bond donors (Lipinski definition) is 3. The minimum Gasteiger partial charge on any atom is -0.379 e. The molecule has 12 nitrogen and oxygen atoms in total. The summed E-state index contributed by atoms with van der Waals surface area (Å²) in [4.78, 5) is 60.6. The van der Waals surface area contributed by atoms with Gasteiger partial charge in [-0.05, 0) is 69.3 Å². The van der Waals surface area contributed by atoms with Crippen molar-refractivity contribution in [1.82, 2.24) is 25.3 Å². The molecular formula is C40H69FN6O6. The molecule has 1 aromatic carbocycles. The van der Waals surface area contributed by atoms with Crippen LogP contribution in [-0.2, 0) is 28.7 Å². The molecule has 2 rings (SSSR count). The molecule has 53 heavy (non-hydrogen) atoms. The monoisotopic (exact) mass is 749 g/mol. The summed E-state index contributed by atoms with van der Waals surface area (Å²) in [5.41, 5.74) is 7.09. The van der Waals surface area contributed by atoms with Crippen LogP contribution >= 0.6 is 0 Å². The summed E-state index contributed by atoms with van der Waals surface area (Å²) in [6.07, 6.45) is 0.961.